The number of ether oxygens (including phenoxy) is 1. The highest BCUT2D eigenvalue weighted by Crippen LogP contribution is 2.28. The Labute approximate surface area is 200 Å². The number of benzene rings is 3. The number of nitrogens with one attached hydrogen (secondary N) is 1. The Morgan fingerprint density at radius 1 is 1.12 bits per heavy atom. The second-order valence-corrected chi connectivity index (χ2v) is 8.31. The lowest BCUT2D eigenvalue weighted by Crippen LogP contribution is -2.13. The Kier molecular flexibility index (Phi) is 7.76. The van der Waals surface area contributed by atoms with Gasteiger partial charge in [0, 0.05) is 22.3 Å². The third-order valence-electron chi connectivity index (χ3n) is 4.25. The molecule has 3 rings (SSSR count). The van der Waals surface area contributed by atoms with E-state index in [1.807, 2.05) is 6.07 Å². The number of amides is 1. The summed E-state index contributed by atoms with van der Waals surface area (Å²) in [5.41, 5.74) is 1.81. The number of rotatable bonds is 7. The summed E-state index contributed by atoms with van der Waals surface area (Å²) in [4.78, 5) is 22.9. The van der Waals surface area contributed by atoms with Crippen molar-refractivity contribution in [2.75, 3.05) is 5.32 Å². The molecule has 0 saturated heterocycles. The molecule has 32 heavy (non-hydrogen) atoms. The number of nitrogens with zero attached hydrogens (tertiary/aromatic N) is 2. The van der Waals surface area contributed by atoms with Crippen molar-refractivity contribution in [3.8, 4) is 11.8 Å². The number of anilines is 1. The van der Waals surface area contributed by atoms with Crippen LogP contribution in [-0.2, 0) is 11.4 Å². The smallest absolute Gasteiger partial charge is 0.269 e. The quantitative estimate of drug-likeness (QED) is 0.160. The molecule has 0 heterocycles. The summed E-state index contributed by atoms with van der Waals surface area (Å²) in [7, 11) is 0. The Morgan fingerprint density at radius 3 is 2.53 bits per heavy atom. The molecular formula is C23H15Br2N3O4. The van der Waals surface area contributed by atoms with Crippen LogP contribution < -0.4 is 10.1 Å². The van der Waals surface area contributed by atoms with Crippen LogP contribution in [-0.4, -0.2) is 10.8 Å². The van der Waals surface area contributed by atoms with E-state index >= 15 is 0 Å². The third kappa shape index (κ3) is 6.26. The summed E-state index contributed by atoms with van der Waals surface area (Å²) in [5, 5.41) is 23.0. The Bertz CT molecular complexity index is 1230. The summed E-state index contributed by atoms with van der Waals surface area (Å²) in [6.07, 6.45) is 1.48. The monoisotopic (exact) mass is 555 g/mol. The lowest BCUT2D eigenvalue weighted by molar-refractivity contribution is -0.384. The third-order valence-corrected chi connectivity index (χ3v) is 5.40. The van der Waals surface area contributed by atoms with E-state index in [9.17, 15) is 20.2 Å². The van der Waals surface area contributed by atoms with Gasteiger partial charge in [0.05, 0.1) is 9.40 Å². The number of hydrogen-bond acceptors (Lipinski definition) is 5. The molecule has 0 spiro atoms. The van der Waals surface area contributed by atoms with Crippen molar-refractivity contribution in [2.24, 2.45) is 0 Å². The molecule has 160 valence electrons. The van der Waals surface area contributed by atoms with Gasteiger partial charge in [-0.1, -0.05) is 34.1 Å². The van der Waals surface area contributed by atoms with E-state index in [2.05, 4.69) is 37.2 Å². The van der Waals surface area contributed by atoms with Crippen LogP contribution in [0.2, 0.25) is 0 Å². The number of non-ortho nitro benzene ring substituents is 1. The van der Waals surface area contributed by atoms with Crippen molar-refractivity contribution in [1.82, 2.24) is 0 Å². The minimum absolute atomic E-state index is 0.00361. The van der Waals surface area contributed by atoms with E-state index in [0.29, 0.717) is 27.0 Å². The summed E-state index contributed by atoms with van der Waals surface area (Å²) >= 11 is 6.74. The van der Waals surface area contributed by atoms with Crippen LogP contribution in [0.25, 0.3) is 6.08 Å². The maximum Gasteiger partial charge on any atom is 0.269 e. The highest BCUT2D eigenvalue weighted by Gasteiger charge is 2.11. The number of nitro groups is 1. The van der Waals surface area contributed by atoms with E-state index in [1.165, 1.54) is 18.2 Å². The molecular weight excluding hydrogens is 542 g/mol. The molecule has 7 nitrogen and oxygen atoms in total. The van der Waals surface area contributed by atoms with Gasteiger partial charge in [-0.3, -0.25) is 14.9 Å². The summed E-state index contributed by atoms with van der Waals surface area (Å²) in [6.45, 7) is 0.147. The van der Waals surface area contributed by atoms with Gasteiger partial charge in [0.1, 0.15) is 24.0 Å². The first-order valence-corrected chi connectivity index (χ1v) is 10.8. The maximum atomic E-state index is 12.4. The summed E-state index contributed by atoms with van der Waals surface area (Å²) in [5.74, 6) is 0.00317. The molecule has 0 aliphatic heterocycles. The SMILES string of the molecule is N#C/C(=C/c1ccc(OCc2cccc([N+](=O)[O-])c2)c(Br)c1)C(=O)Nc1ccc(Br)cc1. The second kappa shape index (κ2) is 10.7. The van der Waals surface area contributed by atoms with Gasteiger partial charge in [0.25, 0.3) is 11.6 Å². The van der Waals surface area contributed by atoms with Gasteiger partial charge in [-0.2, -0.15) is 5.26 Å². The largest absolute Gasteiger partial charge is 0.488 e. The Hall–Kier alpha value is -3.48. The zero-order chi connectivity index (χ0) is 23.1. The number of nitriles is 1. The number of hydrogen-bond donors (Lipinski definition) is 1. The minimum atomic E-state index is -0.517. The van der Waals surface area contributed by atoms with Gasteiger partial charge in [-0.05, 0) is 69.5 Å². The summed E-state index contributed by atoms with van der Waals surface area (Å²) < 4.78 is 7.23. The highest BCUT2D eigenvalue weighted by molar-refractivity contribution is 9.10. The maximum absolute atomic E-state index is 12.4. The van der Waals surface area contributed by atoms with Gasteiger partial charge in [-0.15, -0.1) is 0 Å². The molecule has 0 radical (unpaired) electrons. The van der Waals surface area contributed by atoms with Crippen LogP contribution in [0.4, 0.5) is 11.4 Å². The molecule has 0 saturated carbocycles. The van der Waals surface area contributed by atoms with E-state index in [1.54, 1.807) is 54.6 Å². The molecule has 0 aliphatic carbocycles. The molecule has 0 aromatic heterocycles. The number of halogens is 2. The minimum Gasteiger partial charge on any atom is -0.488 e. The van der Waals surface area contributed by atoms with Crippen LogP contribution in [0, 0.1) is 21.4 Å². The average Bonchev–Trinajstić information content (AvgIpc) is 2.78. The Morgan fingerprint density at radius 2 is 1.88 bits per heavy atom. The van der Waals surface area contributed by atoms with Gasteiger partial charge in [0.2, 0.25) is 0 Å². The number of carbonyl (C=O) groups excluding carboxylic acids is 1. The Balaban J connectivity index is 1.70. The molecule has 3 aromatic carbocycles. The van der Waals surface area contributed by atoms with Crippen LogP contribution in [0.1, 0.15) is 11.1 Å². The summed E-state index contributed by atoms with van der Waals surface area (Å²) in [6, 6.07) is 20.3. The molecule has 1 N–H and O–H groups in total. The van der Waals surface area contributed by atoms with E-state index in [0.717, 1.165) is 4.47 Å². The topological polar surface area (TPSA) is 105 Å². The zero-order valence-corrected chi connectivity index (χ0v) is 19.6. The number of carbonyl (C=O) groups is 1. The molecule has 0 unspecified atom stereocenters. The van der Waals surface area contributed by atoms with Crippen LogP contribution in [0.5, 0.6) is 5.75 Å². The first-order chi connectivity index (χ1) is 15.4. The van der Waals surface area contributed by atoms with Crippen molar-refractivity contribution >= 4 is 55.2 Å². The van der Waals surface area contributed by atoms with E-state index < -0.39 is 10.8 Å². The van der Waals surface area contributed by atoms with Gasteiger partial charge in [-0.25, -0.2) is 0 Å². The van der Waals surface area contributed by atoms with Crippen LogP contribution in [0.3, 0.4) is 0 Å². The fourth-order valence-electron chi connectivity index (χ4n) is 2.69. The van der Waals surface area contributed by atoms with Crippen molar-refractivity contribution < 1.29 is 14.5 Å². The second-order valence-electron chi connectivity index (χ2n) is 6.54. The van der Waals surface area contributed by atoms with Crippen LogP contribution in [0.15, 0.2) is 81.2 Å². The predicted octanol–water partition coefficient (Wildman–Crippen LogP) is 6.24. The number of nitro benzene ring substituents is 1. The predicted molar refractivity (Wildman–Crippen MR) is 128 cm³/mol. The molecule has 0 fully saturated rings. The van der Waals surface area contributed by atoms with Crippen molar-refractivity contribution in [3.05, 3.63) is 102 Å². The van der Waals surface area contributed by atoms with Gasteiger partial charge >= 0.3 is 0 Å². The standard InChI is InChI=1S/C23H15Br2N3O4/c24-18-5-7-19(8-6-18)27-23(29)17(13-26)10-15-4-9-22(21(25)12-15)32-14-16-2-1-3-20(11-16)28(30)31/h1-12H,14H2,(H,27,29)/b17-10-. The van der Waals surface area contributed by atoms with Crippen molar-refractivity contribution in [2.45, 2.75) is 6.61 Å². The zero-order valence-electron chi connectivity index (χ0n) is 16.4. The van der Waals surface area contributed by atoms with Crippen LogP contribution >= 0.6 is 31.9 Å². The van der Waals surface area contributed by atoms with E-state index in [4.69, 9.17) is 4.74 Å². The van der Waals surface area contributed by atoms with Gasteiger partial charge in [0.15, 0.2) is 0 Å². The molecule has 1 amide bonds. The lowest BCUT2D eigenvalue weighted by Gasteiger charge is -2.09. The first kappa shape index (κ1) is 23.2. The fourth-order valence-corrected chi connectivity index (χ4v) is 3.47. The lowest BCUT2D eigenvalue weighted by atomic mass is 10.1. The van der Waals surface area contributed by atoms with E-state index in [-0.39, 0.29) is 17.9 Å². The first-order valence-electron chi connectivity index (χ1n) is 9.20. The molecule has 0 bridgehead atoms. The molecule has 3 aromatic rings. The molecule has 9 heteroatoms. The molecule has 0 aliphatic rings. The molecule has 0 atom stereocenters. The normalized spacial score (nSPS) is 10.8. The van der Waals surface area contributed by atoms with Crippen molar-refractivity contribution in [1.29, 1.82) is 5.26 Å². The van der Waals surface area contributed by atoms with Gasteiger partial charge < -0.3 is 10.1 Å². The highest BCUT2D eigenvalue weighted by atomic mass is 79.9. The van der Waals surface area contributed by atoms with Crippen molar-refractivity contribution in [3.63, 3.8) is 0 Å². The average molecular weight is 557 g/mol. The fraction of sp³-hybridized carbons (Fsp3) is 0.0435.